The molecule has 2 aromatic rings. The number of rotatable bonds is 7. The van der Waals surface area contributed by atoms with Crippen LogP contribution in [0.3, 0.4) is 0 Å². The van der Waals surface area contributed by atoms with Gasteiger partial charge in [0.1, 0.15) is 5.75 Å². The van der Waals surface area contributed by atoms with E-state index in [-0.39, 0.29) is 36.0 Å². The quantitative estimate of drug-likeness (QED) is 0.693. The summed E-state index contributed by atoms with van der Waals surface area (Å²) < 4.78 is 29.9. The number of aromatic nitrogens is 1. The molecule has 1 fully saturated rings. The van der Waals surface area contributed by atoms with E-state index in [0.29, 0.717) is 18.7 Å². The molecule has 1 aliphatic rings. The molecule has 2 heterocycles. The SMILES string of the molecule is Cc1ccc(C(C)C)c(OCC(=O)N(Cc2cccnc2)C2CCS(=O)(=O)C2)c1. The highest BCUT2D eigenvalue weighted by Crippen LogP contribution is 2.28. The van der Waals surface area contributed by atoms with Crippen molar-refractivity contribution in [1.82, 2.24) is 9.88 Å². The summed E-state index contributed by atoms with van der Waals surface area (Å²) in [4.78, 5) is 18.8. The topological polar surface area (TPSA) is 76.6 Å². The number of aryl methyl sites for hydroxylation is 1. The molecule has 6 nitrogen and oxygen atoms in total. The van der Waals surface area contributed by atoms with Crippen molar-refractivity contribution in [3.05, 3.63) is 59.4 Å². The zero-order valence-electron chi connectivity index (χ0n) is 17.2. The van der Waals surface area contributed by atoms with Gasteiger partial charge in [-0.2, -0.15) is 0 Å². The number of pyridine rings is 1. The lowest BCUT2D eigenvalue weighted by molar-refractivity contribution is -0.136. The largest absolute Gasteiger partial charge is 0.483 e. The van der Waals surface area contributed by atoms with Gasteiger partial charge < -0.3 is 9.64 Å². The van der Waals surface area contributed by atoms with Crippen LogP contribution in [0.5, 0.6) is 5.75 Å². The van der Waals surface area contributed by atoms with E-state index < -0.39 is 9.84 Å². The number of nitrogens with zero attached hydrogens (tertiary/aromatic N) is 2. The van der Waals surface area contributed by atoms with Crippen LogP contribution in [0.1, 0.15) is 42.9 Å². The highest BCUT2D eigenvalue weighted by Gasteiger charge is 2.35. The molecule has 1 unspecified atom stereocenters. The van der Waals surface area contributed by atoms with Gasteiger partial charge in [0.05, 0.1) is 11.5 Å². The predicted octanol–water partition coefficient (Wildman–Crippen LogP) is 3.11. The number of hydrogen-bond donors (Lipinski definition) is 0. The summed E-state index contributed by atoms with van der Waals surface area (Å²) in [6.45, 7) is 6.34. The zero-order chi connectivity index (χ0) is 21.0. The Morgan fingerprint density at radius 3 is 2.72 bits per heavy atom. The van der Waals surface area contributed by atoms with Crippen LogP contribution in [0.2, 0.25) is 0 Å². The molecular weight excluding hydrogens is 388 g/mol. The van der Waals surface area contributed by atoms with Crippen molar-refractivity contribution in [2.75, 3.05) is 18.1 Å². The first kappa shape index (κ1) is 21.3. The van der Waals surface area contributed by atoms with Crippen LogP contribution < -0.4 is 4.74 Å². The van der Waals surface area contributed by atoms with Crippen LogP contribution in [0.15, 0.2) is 42.7 Å². The van der Waals surface area contributed by atoms with Gasteiger partial charge in [-0.25, -0.2) is 8.42 Å². The smallest absolute Gasteiger partial charge is 0.261 e. The Kier molecular flexibility index (Phi) is 6.57. The Bertz CT molecular complexity index is 958. The molecule has 0 saturated carbocycles. The van der Waals surface area contributed by atoms with E-state index >= 15 is 0 Å². The molecule has 1 atom stereocenters. The normalized spacial score (nSPS) is 18.0. The lowest BCUT2D eigenvalue weighted by atomic mass is 10.0. The molecule has 29 heavy (non-hydrogen) atoms. The van der Waals surface area contributed by atoms with E-state index in [0.717, 1.165) is 16.7 Å². The second kappa shape index (κ2) is 8.95. The average Bonchev–Trinajstić information content (AvgIpc) is 3.04. The molecule has 1 aromatic carbocycles. The lowest BCUT2D eigenvalue weighted by Crippen LogP contribution is -2.43. The Labute approximate surface area is 172 Å². The molecule has 7 heteroatoms. The highest BCUT2D eigenvalue weighted by atomic mass is 32.2. The highest BCUT2D eigenvalue weighted by molar-refractivity contribution is 7.91. The molecule has 0 bridgehead atoms. The first-order valence-corrected chi connectivity index (χ1v) is 11.7. The van der Waals surface area contributed by atoms with Gasteiger partial charge in [0.25, 0.3) is 5.91 Å². The Morgan fingerprint density at radius 1 is 1.31 bits per heavy atom. The van der Waals surface area contributed by atoms with Crippen molar-refractivity contribution in [3.8, 4) is 5.75 Å². The number of sulfone groups is 1. The molecule has 0 aliphatic carbocycles. The van der Waals surface area contributed by atoms with Gasteiger partial charge in [-0.15, -0.1) is 0 Å². The summed E-state index contributed by atoms with van der Waals surface area (Å²) in [5, 5.41) is 0. The van der Waals surface area contributed by atoms with Gasteiger partial charge in [0.15, 0.2) is 16.4 Å². The molecule has 1 amide bonds. The number of benzene rings is 1. The third-order valence-corrected chi connectivity index (χ3v) is 6.94. The molecule has 156 valence electrons. The Balaban J connectivity index is 1.77. The van der Waals surface area contributed by atoms with Crippen molar-refractivity contribution in [2.24, 2.45) is 0 Å². The summed E-state index contributed by atoms with van der Waals surface area (Å²) in [5.74, 6) is 0.874. The van der Waals surface area contributed by atoms with E-state index in [1.807, 2.05) is 37.3 Å². The molecular formula is C22H28N2O4S. The summed E-state index contributed by atoms with van der Waals surface area (Å²) >= 11 is 0. The maximum Gasteiger partial charge on any atom is 0.261 e. The summed E-state index contributed by atoms with van der Waals surface area (Å²) in [6, 6.07) is 9.35. The number of carbonyl (C=O) groups excluding carboxylic acids is 1. The minimum atomic E-state index is -3.11. The second-order valence-corrected chi connectivity index (χ2v) is 10.2. The van der Waals surface area contributed by atoms with Gasteiger partial charge in [-0.1, -0.05) is 32.0 Å². The van der Waals surface area contributed by atoms with E-state index in [1.54, 1.807) is 17.3 Å². The van der Waals surface area contributed by atoms with Gasteiger partial charge in [0, 0.05) is 25.0 Å². The van der Waals surface area contributed by atoms with Crippen LogP contribution in [-0.2, 0) is 21.2 Å². The van der Waals surface area contributed by atoms with Crippen LogP contribution in [0, 0.1) is 6.92 Å². The second-order valence-electron chi connectivity index (χ2n) is 7.92. The van der Waals surface area contributed by atoms with Gasteiger partial charge >= 0.3 is 0 Å². The van der Waals surface area contributed by atoms with Crippen LogP contribution in [0.25, 0.3) is 0 Å². The Morgan fingerprint density at radius 2 is 2.10 bits per heavy atom. The van der Waals surface area contributed by atoms with Crippen molar-refractivity contribution in [2.45, 2.75) is 45.7 Å². The summed E-state index contributed by atoms with van der Waals surface area (Å²) in [7, 11) is -3.11. The van der Waals surface area contributed by atoms with Crippen molar-refractivity contribution in [1.29, 1.82) is 0 Å². The molecule has 0 radical (unpaired) electrons. The minimum Gasteiger partial charge on any atom is -0.483 e. The Hall–Kier alpha value is -2.41. The number of amides is 1. The first-order chi connectivity index (χ1) is 13.7. The van der Waals surface area contributed by atoms with E-state index in [4.69, 9.17) is 4.74 Å². The minimum absolute atomic E-state index is 0.000686. The lowest BCUT2D eigenvalue weighted by Gasteiger charge is -2.28. The summed E-state index contributed by atoms with van der Waals surface area (Å²) in [6.07, 6.45) is 3.82. The van der Waals surface area contributed by atoms with Gasteiger partial charge in [0.2, 0.25) is 0 Å². The standard InChI is InChI=1S/C22H28N2O4S/c1-16(2)20-7-6-17(3)11-21(20)28-14-22(25)24(13-18-5-4-9-23-12-18)19-8-10-29(26,27)15-19/h4-7,9,11-12,16,19H,8,10,13-15H2,1-3H3. The maximum atomic E-state index is 13.1. The van der Waals surface area contributed by atoms with Crippen LogP contribution in [0.4, 0.5) is 0 Å². The number of hydrogen-bond acceptors (Lipinski definition) is 5. The molecule has 1 aliphatic heterocycles. The fourth-order valence-corrected chi connectivity index (χ4v) is 5.33. The molecule has 1 aromatic heterocycles. The summed E-state index contributed by atoms with van der Waals surface area (Å²) in [5.41, 5.74) is 2.97. The van der Waals surface area contributed by atoms with Gasteiger partial charge in [-0.3, -0.25) is 9.78 Å². The third-order valence-electron chi connectivity index (χ3n) is 5.19. The maximum absolute atomic E-state index is 13.1. The predicted molar refractivity (Wildman–Crippen MR) is 113 cm³/mol. The molecule has 1 saturated heterocycles. The van der Waals surface area contributed by atoms with E-state index in [2.05, 4.69) is 18.8 Å². The average molecular weight is 417 g/mol. The zero-order valence-corrected chi connectivity index (χ0v) is 18.0. The van der Waals surface area contributed by atoms with Crippen molar-refractivity contribution >= 4 is 15.7 Å². The van der Waals surface area contributed by atoms with E-state index in [9.17, 15) is 13.2 Å². The first-order valence-electron chi connectivity index (χ1n) is 9.87. The van der Waals surface area contributed by atoms with E-state index in [1.165, 1.54) is 0 Å². The van der Waals surface area contributed by atoms with Crippen molar-refractivity contribution < 1.29 is 17.9 Å². The monoisotopic (exact) mass is 416 g/mol. The van der Waals surface area contributed by atoms with Crippen LogP contribution in [-0.4, -0.2) is 48.4 Å². The van der Waals surface area contributed by atoms with Crippen LogP contribution >= 0.6 is 0 Å². The molecule has 0 spiro atoms. The van der Waals surface area contributed by atoms with Gasteiger partial charge in [-0.05, 0) is 48.1 Å². The number of carbonyl (C=O) groups is 1. The number of ether oxygens (including phenoxy) is 1. The fourth-order valence-electron chi connectivity index (χ4n) is 3.60. The fraction of sp³-hybridized carbons (Fsp3) is 0.455. The molecule has 0 N–H and O–H groups in total. The van der Waals surface area contributed by atoms with Crippen molar-refractivity contribution in [3.63, 3.8) is 0 Å². The third kappa shape index (κ3) is 5.56. The molecule has 3 rings (SSSR count).